The molecule has 2 aliphatic rings. The third kappa shape index (κ3) is 8.26. The number of anilines is 2. The van der Waals surface area contributed by atoms with E-state index in [-0.39, 0.29) is 23.6 Å². The van der Waals surface area contributed by atoms with Crippen molar-refractivity contribution in [2.45, 2.75) is 70.5 Å². The van der Waals surface area contributed by atoms with Gasteiger partial charge in [-0.3, -0.25) is 9.59 Å². The predicted octanol–water partition coefficient (Wildman–Crippen LogP) is 5.28. The van der Waals surface area contributed by atoms with Gasteiger partial charge in [0.1, 0.15) is 11.0 Å². The van der Waals surface area contributed by atoms with Crippen molar-refractivity contribution in [3.63, 3.8) is 0 Å². The zero-order valence-corrected chi connectivity index (χ0v) is 25.7. The zero-order valence-electron chi connectivity index (χ0n) is 24.1. The molecule has 2 fully saturated rings. The normalized spacial score (nSPS) is 17.9. The number of nitrogens with zero attached hydrogens (tertiary/aromatic N) is 6. The maximum Gasteiger partial charge on any atom is 0.233 e. The fourth-order valence-electron chi connectivity index (χ4n) is 5.50. The Morgan fingerprint density at radius 1 is 0.950 bits per heavy atom. The van der Waals surface area contributed by atoms with Gasteiger partial charge in [-0.25, -0.2) is 9.97 Å². The standard InChI is InChI=1S/C30H43ClN6O2S/c1-4-5-6-7-8-13-28(38)37-19-18-36(21-24(37)3)27-20-26(31)32-30(33-27)40-22-29(39)35-16-14-34(15-17-35)25-12-10-9-11-23(25)2/h9-12,20,24H,4-8,13-19,21-22H2,1-3H3. The number of halogens is 1. The van der Waals surface area contributed by atoms with Crippen molar-refractivity contribution in [3.8, 4) is 0 Å². The van der Waals surface area contributed by atoms with Crippen LogP contribution in [0.25, 0.3) is 0 Å². The van der Waals surface area contributed by atoms with E-state index in [4.69, 9.17) is 16.6 Å². The molecule has 1 aromatic carbocycles. The Hall–Kier alpha value is -2.52. The van der Waals surface area contributed by atoms with Gasteiger partial charge < -0.3 is 19.6 Å². The number of rotatable bonds is 11. The van der Waals surface area contributed by atoms with Crippen LogP contribution in [0, 0.1) is 6.92 Å². The Balaban J connectivity index is 1.25. The summed E-state index contributed by atoms with van der Waals surface area (Å²) in [5, 5.41) is 0.873. The van der Waals surface area contributed by atoms with E-state index in [9.17, 15) is 9.59 Å². The lowest BCUT2D eigenvalue weighted by Gasteiger charge is -2.40. The van der Waals surface area contributed by atoms with Gasteiger partial charge in [-0.05, 0) is 31.9 Å². The number of para-hydroxylation sites is 1. The van der Waals surface area contributed by atoms with Gasteiger partial charge in [0, 0.05) is 70.0 Å². The van der Waals surface area contributed by atoms with Crippen LogP contribution in [0.3, 0.4) is 0 Å². The Labute approximate surface area is 248 Å². The molecule has 2 aromatic rings. The van der Waals surface area contributed by atoms with E-state index in [0.29, 0.717) is 49.5 Å². The quantitative estimate of drug-likeness (QED) is 0.154. The van der Waals surface area contributed by atoms with Crippen LogP contribution in [-0.4, -0.2) is 89.2 Å². The molecule has 8 nitrogen and oxygen atoms in total. The summed E-state index contributed by atoms with van der Waals surface area (Å²) in [4.78, 5) is 43.3. The van der Waals surface area contributed by atoms with Gasteiger partial charge in [0.25, 0.3) is 0 Å². The van der Waals surface area contributed by atoms with Crippen LogP contribution in [0.4, 0.5) is 11.5 Å². The smallest absolute Gasteiger partial charge is 0.233 e. The lowest BCUT2D eigenvalue weighted by Crippen LogP contribution is -2.54. The first-order chi connectivity index (χ1) is 19.4. The van der Waals surface area contributed by atoms with Gasteiger partial charge in [0.05, 0.1) is 5.75 Å². The average Bonchev–Trinajstić information content (AvgIpc) is 2.95. The molecular weight excluding hydrogens is 544 g/mol. The number of carbonyl (C=O) groups is 2. The van der Waals surface area contributed by atoms with Gasteiger partial charge >= 0.3 is 0 Å². The van der Waals surface area contributed by atoms with E-state index in [1.54, 1.807) is 6.07 Å². The second kappa shape index (κ2) is 14.9. The van der Waals surface area contributed by atoms with Crippen LogP contribution in [0.2, 0.25) is 5.15 Å². The molecule has 0 saturated carbocycles. The van der Waals surface area contributed by atoms with Crippen molar-refractivity contribution in [1.82, 2.24) is 19.8 Å². The predicted molar refractivity (Wildman–Crippen MR) is 165 cm³/mol. The van der Waals surface area contributed by atoms with Crippen LogP contribution >= 0.6 is 23.4 Å². The summed E-state index contributed by atoms with van der Waals surface area (Å²) < 4.78 is 0. The van der Waals surface area contributed by atoms with Gasteiger partial charge in [0.15, 0.2) is 5.16 Å². The molecule has 0 spiro atoms. The maximum absolute atomic E-state index is 13.0. The number of aryl methyl sites for hydroxylation is 1. The topological polar surface area (TPSA) is 72.9 Å². The Bertz CT molecular complexity index is 1140. The summed E-state index contributed by atoms with van der Waals surface area (Å²) >= 11 is 7.70. The monoisotopic (exact) mass is 586 g/mol. The number of hydrogen-bond donors (Lipinski definition) is 0. The number of aromatic nitrogens is 2. The first kappa shape index (κ1) is 30.4. The van der Waals surface area contributed by atoms with E-state index in [1.165, 1.54) is 42.3 Å². The van der Waals surface area contributed by atoms with Crippen LogP contribution in [0.5, 0.6) is 0 Å². The maximum atomic E-state index is 13.0. The number of amides is 2. The summed E-state index contributed by atoms with van der Waals surface area (Å²) in [6.07, 6.45) is 6.38. The van der Waals surface area contributed by atoms with E-state index in [2.05, 4.69) is 59.8 Å². The highest BCUT2D eigenvalue weighted by Crippen LogP contribution is 2.26. The fourth-order valence-corrected chi connectivity index (χ4v) is 6.49. The molecule has 10 heteroatoms. The lowest BCUT2D eigenvalue weighted by atomic mass is 10.1. The summed E-state index contributed by atoms with van der Waals surface area (Å²) in [5.41, 5.74) is 2.50. The number of carbonyl (C=O) groups excluding carboxylic acids is 2. The lowest BCUT2D eigenvalue weighted by molar-refractivity contribution is -0.133. The minimum atomic E-state index is 0.0926. The second-order valence-corrected chi connectivity index (χ2v) is 12.2. The molecular formula is C30H43ClN6O2S. The van der Waals surface area contributed by atoms with E-state index in [1.807, 2.05) is 9.80 Å². The fraction of sp³-hybridized carbons (Fsp3) is 0.600. The SMILES string of the molecule is CCCCCCCC(=O)N1CCN(c2cc(Cl)nc(SCC(=O)N3CCN(c4ccccc4C)CC3)n2)CC1C. The molecule has 2 aliphatic heterocycles. The van der Waals surface area contributed by atoms with Crippen molar-refractivity contribution >= 4 is 46.7 Å². The van der Waals surface area contributed by atoms with Crippen LogP contribution in [-0.2, 0) is 9.59 Å². The number of benzene rings is 1. The van der Waals surface area contributed by atoms with Crippen molar-refractivity contribution in [2.24, 2.45) is 0 Å². The summed E-state index contributed by atoms with van der Waals surface area (Å²) in [7, 11) is 0. The van der Waals surface area contributed by atoms with E-state index >= 15 is 0 Å². The number of thioether (sulfide) groups is 1. The molecule has 0 N–H and O–H groups in total. The highest BCUT2D eigenvalue weighted by molar-refractivity contribution is 7.99. The third-order valence-corrected chi connectivity index (χ3v) is 8.87. The van der Waals surface area contributed by atoms with Crippen LogP contribution in [0.1, 0.15) is 57.9 Å². The molecule has 0 aliphatic carbocycles. The summed E-state index contributed by atoms with van der Waals surface area (Å²) in [6, 6.07) is 10.3. The van der Waals surface area contributed by atoms with Gasteiger partial charge in [-0.1, -0.05) is 74.2 Å². The van der Waals surface area contributed by atoms with Crippen molar-refractivity contribution in [1.29, 1.82) is 0 Å². The molecule has 1 unspecified atom stereocenters. The average molecular weight is 587 g/mol. The summed E-state index contributed by atoms with van der Waals surface area (Å²) in [5.74, 6) is 1.37. The molecule has 40 heavy (non-hydrogen) atoms. The molecule has 0 radical (unpaired) electrons. The highest BCUT2D eigenvalue weighted by Gasteiger charge is 2.28. The van der Waals surface area contributed by atoms with Crippen molar-refractivity contribution in [3.05, 3.63) is 41.0 Å². The second-order valence-electron chi connectivity index (χ2n) is 10.8. The Morgan fingerprint density at radius 3 is 2.40 bits per heavy atom. The Kier molecular flexibility index (Phi) is 11.4. The van der Waals surface area contributed by atoms with Gasteiger partial charge in [-0.15, -0.1) is 0 Å². The highest BCUT2D eigenvalue weighted by atomic mass is 35.5. The van der Waals surface area contributed by atoms with E-state index in [0.717, 1.165) is 31.7 Å². The van der Waals surface area contributed by atoms with Crippen LogP contribution in [0.15, 0.2) is 35.5 Å². The number of piperazine rings is 2. The zero-order chi connectivity index (χ0) is 28.5. The van der Waals surface area contributed by atoms with Crippen LogP contribution < -0.4 is 9.80 Å². The molecule has 2 saturated heterocycles. The van der Waals surface area contributed by atoms with Crippen molar-refractivity contribution < 1.29 is 9.59 Å². The van der Waals surface area contributed by atoms with Gasteiger partial charge in [-0.2, -0.15) is 0 Å². The summed E-state index contributed by atoms with van der Waals surface area (Å²) in [6.45, 7) is 11.5. The first-order valence-electron chi connectivity index (χ1n) is 14.7. The minimum Gasteiger partial charge on any atom is -0.368 e. The number of hydrogen-bond acceptors (Lipinski definition) is 7. The molecule has 0 bridgehead atoms. The Morgan fingerprint density at radius 2 is 1.68 bits per heavy atom. The molecule has 218 valence electrons. The third-order valence-electron chi connectivity index (χ3n) is 7.84. The minimum absolute atomic E-state index is 0.0926. The largest absolute Gasteiger partial charge is 0.368 e. The van der Waals surface area contributed by atoms with Gasteiger partial charge in [0.2, 0.25) is 11.8 Å². The molecule has 1 aromatic heterocycles. The number of unbranched alkanes of at least 4 members (excludes halogenated alkanes) is 4. The molecule has 4 rings (SSSR count). The van der Waals surface area contributed by atoms with E-state index < -0.39 is 0 Å². The molecule has 3 heterocycles. The molecule has 1 atom stereocenters. The first-order valence-corrected chi connectivity index (χ1v) is 16.0. The van der Waals surface area contributed by atoms with Crippen molar-refractivity contribution in [2.75, 3.05) is 61.4 Å². The molecule has 2 amide bonds.